The lowest BCUT2D eigenvalue weighted by Gasteiger charge is -2.44. The molecule has 1 heterocycles. The lowest BCUT2D eigenvalue weighted by molar-refractivity contribution is 0.218. The highest BCUT2D eigenvalue weighted by Crippen LogP contribution is 2.67. The monoisotopic (exact) mass is 548 g/mol. The van der Waals surface area contributed by atoms with Crippen molar-refractivity contribution in [2.45, 2.75) is 56.6 Å². The highest BCUT2D eigenvalue weighted by Gasteiger charge is 2.55. The topological polar surface area (TPSA) is 0 Å². The Bertz CT molecular complexity index is 1770. The minimum absolute atomic E-state index is 0.179. The van der Waals surface area contributed by atoms with Crippen LogP contribution in [0.25, 0.3) is 27.8 Å². The van der Waals surface area contributed by atoms with E-state index in [0.717, 1.165) is 5.57 Å². The summed E-state index contributed by atoms with van der Waals surface area (Å²) in [5, 5.41) is 0. The molecule has 41 heavy (non-hydrogen) atoms. The van der Waals surface area contributed by atoms with E-state index in [9.17, 15) is 0 Å². The van der Waals surface area contributed by atoms with Crippen LogP contribution in [0.1, 0.15) is 74.3 Å². The summed E-state index contributed by atoms with van der Waals surface area (Å²) >= 11 is 2.10. The van der Waals surface area contributed by atoms with E-state index < -0.39 is 0 Å². The van der Waals surface area contributed by atoms with Crippen molar-refractivity contribution >= 4 is 17.3 Å². The molecular weight excluding hydrogens is 513 g/mol. The van der Waals surface area contributed by atoms with Crippen LogP contribution >= 0.6 is 11.8 Å². The molecule has 0 aromatic heterocycles. The number of allylic oxidation sites excluding steroid dienone is 4. The molecule has 2 atom stereocenters. The van der Waals surface area contributed by atoms with Gasteiger partial charge in [-0.15, -0.1) is 11.8 Å². The largest absolute Gasteiger partial charge is 0.119 e. The summed E-state index contributed by atoms with van der Waals surface area (Å²) in [6, 6.07) is 34.3. The molecule has 0 radical (unpaired) electrons. The summed E-state index contributed by atoms with van der Waals surface area (Å²) in [7, 11) is 0. The van der Waals surface area contributed by atoms with Crippen LogP contribution in [0.4, 0.5) is 0 Å². The Morgan fingerprint density at radius 3 is 1.83 bits per heavy atom. The maximum Gasteiger partial charge on any atom is 0.0725 e. The van der Waals surface area contributed by atoms with Gasteiger partial charge >= 0.3 is 0 Å². The van der Waals surface area contributed by atoms with Crippen molar-refractivity contribution < 1.29 is 0 Å². The maximum atomic E-state index is 4.71. The van der Waals surface area contributed by atoms with Gasteiger partial charge in [-0.3, -0.25) is 0 Å². The van der Waals surface area contributed by atoms with E-state index in [2.05, 4.69) is 136 Å². The van der Waals surface area contributed by atoms with Crippen LogP contribution in [0.5, 0.6) is 0 Å². The second-order valence-corrected chi connectivity index (χ2v) is 14.3. The SMILES string of the molecule is C=C(/C=C1\C(=C/C)SC2(C)CCCCC12C)c1ccc2c(c1)C1(c3ccccc3-c3ccccc31)c1ccccc1-2. The predicted molar refractivity (Wildman–Crippen MR) is 176 cm³/mol. The minimum Gasteiger partial charge on any atom is -0.119 e. The van der Waals surface area contributed by atoms with Gasteiger partial charge in [0.05, 0.1) is 5.41 Å². The number of rotatable bonds is 2. The van der Waals surface area contributed by atoms with Crippen LogP contribution in [-0.2, 0) is 5.41 Å². The standard InChI is InChI=1S/C40H36S/c1-5-37-36(38(3)22-12-13-23-39(38,4)41-37)24-26(2)27-20-21-31-30-16-8-11-19-34(30)40(35(31)25-27)32-17-9-6-14-28(32)29-15-7-10-18-33(29)40/h5-11,14-21,24-25H,2,12-13,22-23H2,1,3-4H3/b36-24+,37-5+. The summed E-state index contributed by atoms with van der Waals surface area (Å²) in [4.78, 5) is 1.45. The second kappa shape index (κ2) is 8.73. The molecule has 2 unspecified atom stereocenters. The van der Waals surface area contributed by atoms with Gasteiger partial charge in [0.2, 0.25) is 0 Å². The average molecular weight is 549 g/mol. The molecule has 0 amide bonds. The fourth-order valence-electron chi connectivity index (χ4n) is 8.63. The Morgan fingerprint density at radius 2 is 1.24 bits per heavy atom. The van der Waals surface area contributed by atoms with Crippen LogP contribution in [0, 0.1) is 5.41 Å². The van der Waals surface area contributed by atoms with Crippen LogP contribution in [0.3, 0.4) is 0 Å². The third-order valence-electron chi connectivity index (χ3n) is 10.9. The molecule has 1 saturated heterocycles. The summed E-state index contributed by atoms with van der Waals surface area (Å²) in [5.74, 6) is 0. The third-order valence-corrected chi connectivity index (χ3v) is 12.7. The molecule has 1 aliphatic heterocycles. The van der Waals surface area contributed by atoms with Gasteiger partial charge in [0.25, 0.3) is 0 Å². The van der Waals surface area contributed by atoms with Crippen molar-refractivity contribution in [2.75, 3.05) is 0 Å². The number of benzene rings is 4. The molecule has 2 fully saturated rings. The molecule has 0 nitrogen and oxygen atoms in total. The van der Waals surface area contributed by atoms with Gasteiger partial charge in [0, 0.05) is 15.1 Å². The first kappa shape index (κ1) is 25.2. The van der Waals surface area contributed by atoms with Crippen molar-refractivity contribution in [2.24, 2.45) is 5.41 Å². The zero-order valence-corrected chi connectivity index (χ0v) is 25.1. The Morgan fingerprint density at radius 1 is 0.707 bits per heavy atom. The minimum atomic E-state index is -0.311. The van der Waals surface area contributed by atoms with Crippen molar-refractivity contribution in [1.29, 1.82) is 0 Å². The van der Waals surface area contributed by atoms with Gasteiger partial charge in [0.1, 0.15) is 0 Å². The Labute approximate surface area is 248 Å². The molecule has 0 bridgehead atoms. The molecule has 4 aliphatic rings. The van der Waals surface area contributed by atoms with Gasteiger partial charge in [-0.25, -0.2) is 0 Å². The van der Waals surface area contributed by atoms with Gasteiger partial charge < -0.3 is 0 Å². The highest BCUT2D eigenvalue weighted by molar-refractivity contribution is 8.05. The number of fused-ring (bicyclic) bond motifs is 11. The summed E-state index contributed by atoms with van der Waals surface area (Å²) in [6.07, 6.45) is 9.95. The highest BCUT2D eigenvalue weighted by atomic mass is 32.2. The normalized spacial score (nSPS) is 26.5. The van der Waals surface area contributed by atoms with E-state index in [0.29, 0.717) is 0 Å². The predicted octanol–water partition coefficient (Wildman–Crippen LogP) is 11.0. The summed E-state index contributed by atoms with van der Waals surface area (Å²) in [5.41, 5.74) is 14.6. The Hall–Kier alpha value is -3.55. The van der Waals surface area contributed by atoms with E-state index in [1.165, 1.54) is 86.2 Å². The number of thioether (sulfide) groups is 1. The maximum absolute atomic E-state index is 4.71. The van der Waals surface area contributed by atoms with E-state index in [4.69, 9.17) is 6.58 Å². The van der Waals surface area contributed by atoms with Crippen molar-refractivity contribution in [1.82, 2.24) is 0 Å². The lowest BCUT2D eigenvalue weighted by atomic mass is 9.63. The Balaban J connectivity index is 1.34. The quantitative estimate of drug-likeness (QED) is 0.207. The van der Waals surface area contributed by atoms with Crippen molar-refractivity contribution in [3.8, 4) is 22.3 Å². The van der Waals surface area contributed by atoms with Crippen LogP contribution in [0.2, 0.25) is 0 Å². The first-order valence-corrected chi connectivity index (χ1v) is 15.9. The van der Waals surface area contributed by atoms with Gasteiger partial charge in [-0.05, 0) is 94.0 Å². The van der Waals surface area contributed by atoms with E-state index in [1.807, 2.05) is 0 Å². The van der Waals surface area contributed by atoms with Crippen LogP contribution in [-0.4, -0.2) is 4.75 Å². The molecule has 0 N–H and O–H groups in total. The van der Waals surface area contributed by atoms with E-state index >= 15 is 0 Å². The zero-order chi connectivity index (χ0) is 28.0. The van der Waals surface area contributed by atoms with Gasteiger partial charge in [-0.1, -0.05) is 123 Å². The zero-order valence-electron chi connectivity index (χ0n) is 24.3. The van der Waals surface area contributed by atoms with E-state index in [-0.39, 0.29) is 15.6 Å². The molecule has 8 rings (SSSR count). The first-order chi connectivity index (χ1) is 19.9. The fraction of sp³-hybridized carbons (Fsp3) is 0.250. The molecule has 3 aliphatic carbocycles. The second-order valence-electron chi connectivity index (χ2n) is 12.8. The molecule has 1 spiro atoms. The van der Waals surface area contributed by atoms with Crippen LogP contribution in [0.15, 0.2) is 120 Å². The van der Waals surface area contributed by atoms with Crippen molar-refractivity contribution in [3.05, 3.63) is 148 Å². The number of hydrogen-bond donors (Lipinski definition) is 0. The third kappa shape index (κ3) is 3.14. The van der Waals surface area contributed by atoms with Gasteiger partial charge in [-0.2, -0.15) is 0 Å². The van der Waals surface area contributed by atoms with E-state index in [1.54, 1.807) is 0 Å². The smallest absolute Gasteiger partial charge is 0.0725 e. The summed E-state index contributed by atoms with van der Waals surface area (Å²) < 4.78 is 0.264. The lowest BCUT2D eigenvalue weighted by Crippen LogP contribution is -2.40. The van der Waals surface area contributed by atoms with Gasteiger partial charge in [0.15, 0.2) is 0 Å². The molecule has 4 aromatic rings. The molecule has 1 saturated carbocycles. The number of hydrogen-bond acceptors (Lipinski definition) is 1. The van der Waals surface area contributed by atoms with Crippen LogP contribution < -0.4 is 0 Å². The van der Waals surface area contributed by atoms with Crippen molar-refractivity contribution in [3.63, 3.8) is 0 Å². The Kier molecular flexibility index (Phi) is 5.36. The molecule has 4 aromatic carbocycles. The molecular formula is C40H36S. The first-order valence-electron chi connectivity index (χ1n) is 15.1. The average Bonchev–Trinajstić information content (AvgIpc) is 3.56. The molecule has 202 valence electrons. The molecule has 1 heteroatoms. The summed E-state index contributed by atoms with van der Waals surface area (Å²) in [6.45, 7) is 11.9. The fourth-order valence-corrected chi connectivity index (χ4v) is 10.3.